The molecule has 1 fully saturated rings. The minimum absolute atomic E-state index is 0.206. The highest BCUT2D eigenvalue weighted by molar-refractivity contribution is 8.27. The molecule has 0 spiro atoms. The summed E-state index contributed by atoms with van der Waals surface area (Å²) >= 11 is 19.5. The van der Waals surface area contributed by atoms with Crippen LogP contribution in [-0.2, 0) is 4.79 Å². The molecule has 36 heavy (non-hydrogen) atoms. The van der Waals surface area contributed by atoms with Crippen LogP contribution in [0.3, 0.4) is 0 Å². The minimum Gasteiger partial charge on any atom is -0.490 e. The molecule has 0 atom stereocenters. The van der Waals surface area contributed by atoms with Crippen molar-refractivity contribution >= 4 is 69.2 Å². The Hall–Kier alpha value is -2.51. The number of thioether (sulfide) groups is 1. The van der Waals surface area contributed by atoms with Crippen LogP contribution < -0.4 is 14.4 Å². The van der Waals surface area contributed by atoms with E-state index in [4.69, 9.17) is 44.9 Å². The number of halogens is 2. The number of amides is 1. The Kier molecular flexibility index (Phi) is 8.62. The van der Waals surface area contributed by atoms with Crippen molar-refractivity contribution in [1.82, 2.24) is 0 Å². The molecule has 3 aromatic rings. The molecule has 0 radical (unpaired) electrons. The zero-order chi connectivity index (χ0) is 25.8. The van der Waals surface area contributed by atoms with E-state index >= 15 is 0 Å². The quantitative estimate of drug-likeness (QED) is 0.158. The van der Waals surface area contributed by atoms with Crippen LogP contribution in [0.1, 0.15) is 36.5 Å². The molecular weight excluding hydrogens is 533 g/mol. The average Bonchev–Trinajstić information content (AvgIpc) is 3.10. The molecule has 1 aliphatic rings. The number of hydrogen-bond acceptors (Lipinski definition) is 5. The lowest BCUT2D eigenvalue weighted by atomic mass is 10.0. The summed E-state index contributed by atoms with van der Waals surface area (Å²) in [4.78, 5) is 15.1. The Morgan fingerprint density at radius 2 is 1.75 bits per heavy atom. The topological polar surface area (TPSA) is 38.8 Å². The molecule has 0 N–H and O–H groups in total. The number of hydrogen-bond donors (Lipinski definition) is 0. The third-order valence-corrected chi connectivity index (χ3v) is 7.31. The highest BCUT2D eigenvalue weighted by atomic mass is 35.5. The van der Waals surface area contributed by atoms with E-state index < -0.39 is 0 Å². The lowest BCUT2D eigenvalue weighted by Crippen LogP contribution is -2.27. The second-order valence-corrected chi connectivity index (χ2v) is 11.1. The number of thiocarbonyl (C=S) groups is 1. The maximum Gasteiger partial charge on any atom is 0.270 e. The second kappa shape index (κ2) is 11.7. The number of benzene rings is 3. The largest absolute Gasteiger partial charge is 0.490 e. The zero-order valence-electron chi connectivity index (χ0n) is 20.1. The van der Waals surface area contributed by atoms with Crippen LogP contribution in [0.15, 0.2) is 65.6 Å². The first-order chi connectivity index (χ1) is 17.2. The second-order valence-electron chi connectivity index (χ2n) is 8.55. The summed E-state index contributed by atoms with van der Waals surface area (Å²) in [5.41, 5.74) is 3.59. The van der Waals surface area contributed by atoms with Crippen LogP contribution in [0.4, 0.5) is 5.69 Å². The summed E-state index contributed by atoms with van der Waals surface area (Å²) < 4.78 is 12.5. The van der Waals surface area contributed by atoms with Gasteiger partial charge in [-0.25, -0.2) is 0 Å². The first-order valence-electron chi connectivity index (χ1n) is 11.4. The van der Waals surface area contributed by atoms with Gasteiger partial charge in [0.05, 0.1) is 15.6 Å². The molecule has 4 nitrogen and oxygen atoms in total. The van der Waals surface area contributed by atoms with E-state index in [1.807, 2.05) is 43.3 Å². The normalized spacial score (nSPS) is 14.7. The summed E-state index contributed by atoms with van der Waals surface area (Å²) in [6, 6.07) is 18.8. The van der Waals surface area contributed by atoms with Crippen LogP contribution in [0.25, 0.3) is 6.08 Å². The predicted molar refractivity (Wildman–Crippen MR) is 155 cm³/mol. The van der Waals surface area contributed by atoms with Gasteiger partial charge < -0.3 is 9.47 Å². The van der Waals surface area contributed by atoms with Crippen LogP contribution in [-0.4, -0.2) is 23.4 Å². The van der Waals surface area contributed by atoms with Gasteiger partial charge in [0, 0.05) is 10.6 Å². The van der Waals surface area contributed by atoms with Crippen molar-refractivity contribution in [3.8, 4) is 11.5 Å². The molecule has 1 heterocycles. The van der Waals surface area contributed by atoms with Gasteiger partial charge in [-0.05, 0) is 60.4 Å². The van der Waals surface area contributed by atoms with Crippen molar-refractivity contribution in [1.29, 1.82) is 0 Å². The highest BCUT2D eigenvalue weighted by Crippen LogP contribution is 2.39. The van der Waals surface area contributed by atoms with Crippen LogP contribution in [0.5, 0.6) is 11.5 Å². The Bertz CT molecular complexity index is 1330. The van der Waals surface area contributed by atoms with Crippen molar-refractivity contribution in [2.24, 2.45) is 0 Å². The Balaban J connectivity index is 1.52. The number of nitrogens with zero attached hydrogens (tertiary/aromatic N) is 1. The summed E-state index contributed by atoms with van der Waals surface area (Å²) in [6.07, 6.45) is 1.72. The summed E-state index contributed by atoms with van der Waals surface area (Å²) in [7, 11) is 0. The van der Waals surface area contributed by atoms with Crippen LogP contribution >= 0.6 is 47.2 Å². The van der Waals surface area contributed by atoms with Crippen molar-refractivity contribution in [2.75, 3.05) is 18.1 Å². The lowest BCUT2D eigenvalue weighted by molar-refractivity contribution is -0.113. The number of carbonyl (C=O) groups is 1. The van der Waals surface area contributed by atoms with Gasteiger partial charge in [0.2, 0.25) is 0 Å². The maximum atomic E-state index is 13.2. The van der Waals surface area contributed by atoms with E-state index in [0.717, 1.165) is 22.6 Å². The van der Waals surface area contributed by atoms with Gasteiger partial charge >= 0.3 is 0 Å². The molecule has 0 bridgehead atoms. The predicted octanol–water partition coefficient (Wildman–Crippen LogP) is 8.29. The number of rotatable bonds is 8. The number of anilines is 1. The van der Waals surface area contributed by atoms with E-state index in [1.54, 1.807) is 18.2 Å². The van der Waals surface area contributed by atoms with Gasteiger partial charge in [-0.1, -0.05) is 91.4 Å². The number of carbonyl (C=O) groups excluding carboxylic acids is 1. The fourth-order valence-corrected chi connectivity index (χ4v) is 5.64. The number of para-hydroxylation sites is 1. The van der Waals surface area contributed by atoms with E-state index in [0.29, 0.717) is 43.1 Å². The van der Waals surface area contributed by atoms with Gasteiger partial charge in [0.15, 0.2) is 4.32 Å². The first-order valence-corrected chi connectivity index (χ1v) is 13.4. The SMILES string of the molecule is Cc1ccc(C(C)C)c(OCCOc2c(Cl)cc(Cl)cc2/C=C2\SC(=S)N(c3ccccc3)C2=O)c1. The monoisotopic (exact) mass is 557 g/mol. The third kappa shape index (κ3) is 6.06. The fraction of sp³-hybridized carbons (Fsp3) is 0.214. The lowest BCUT2D eigenvalue weighted by Gasteiger charge is -2.16. The molecule has 186 valence electrons. The number of ether oxygens (including phenoxy) is 2. The molecule has 0 unspecified atom stereocenters. The molecule has 0 aliphatic carbocycles. The van der Waals surface area contributed by atoms with E-state index in [1.165, 1.54) is 16.7 Å². The smallest absolute Gasteiger partial charge is 0.270 e. The van der Waals surface area contributed by atoms with Crippen molar-refractivity contribution in [3.05, 3.63) is 92.3 Å². The van der Waals surface area contributed by atoms with E-state index in [9.17, 15) is 4.79 Å². The number of aryl methyl sites for hydroxylation is 1. The van der Waals surface area contributed by atoms with Crippen molar-refractivity contribution in [3.63, 3.8) is 0 Å². The third-order valence-electron chi connectivity index (χ3n) is 5.51. The van der Waals surface area contributed by atoms with Gasteiger partial charge in [-0.3, -0.25) is 9.69 Å². The minimum atomic E-state index is -0.206. The van der Waals surface area contributed by atoms with Crippen LogP contribution in [0.2, 0.25) is 10.0 Å². The molecule has 1 saturated heterocycles. The molecule has 8 heteroatoms. The van der Waals surface area contributed by atoms with E-state index in [-0.39, 0.29) is 12.5 Å². The molecular formula is C28H25Cl2NO3S2. The Morgan fingerprint density at radius 1 is 1.03 bits per heavy atom. The molecule has 0 saturated carbocycles. The Morgan fingerprint density at radius 3 is 2.47 bits per heavy atom. The van der Waals surface area contributed by atoms with E-state index in [2.05, 4.69) is 26.0 Å². The molecule has 0 aromatic heterocycles. The van der Waals surface area contributed by atoms with Gasteiger partial charge in [0.1, 0.15) is 24.7 Å². The molecule has 4 rings (SSSR count). The van der Waals surface area contributed by atoms with Crippen molar-refractivity contribution in [2.45, 2.75) is 26.7 Å². The maximum absolute atomic E-state index is 13.2. The molecule has 3 aromatic carbocycles. The summed E-state index contributed by atoms with van der Waals surface area (Å²) in [5, 5.41) is 0.792. The summed E-state index contributed by atoms with van der Waals surface area (Å²) in [6.45, 7) is 6.90. The zero-order valence-corrected chi connectivity index (χ0v) is 23.2. The summed E-state index contributed by atoms with van der Waals surface area (Å²) in [5.74, 6) is 1.42. The highest BCUT2D eigenvalue weighted by Gasteiger charge is 2.33. The Labute approximate surface area is 231 Å². The average molecular weight is 559 g/mol. The molecule has 1 amide bonds. The van der Waals surface area contributed by atoms with Gasteiger partial charge in [0.25, 0.3) is 5.91 Å². The fourth-order valence-electron chi connectivity index (χ4n) is 3.79. The van der Waals surface area contributed by atoms with Gasteiger partial charge in [-0.15, -0.1) is 0 Å². The van der Waals surface area contributed by atoms with Gasteiger partial charge in [-0.2, -0.15) is 0 Å². The molecule has 1 aliphatic heterocycles. The standard InChI is InChI=1S/C28H25Cl2NO3S2/c1-17(2)22-10-9-18(3)13-24(22)33-11-12-34-26-19(14-20(29)16-23(26)30)15-25-27(32)31(28(35)36-25)21-7-5-4-6-8-21/h4-10,13-17H,11-12H2,1-3H3/b25-15-. The van der Waals surface area contributed by atoms with Crippen molar-refractivity contribution < 1.29 is 14.3 Å². The first kappa shape index (κ1) is 26.6. The van der Waals surface area contributed by atoms with Crippen LogP contribution in [0, 0.1) is 6.92 Å².